The molecule has 2 amide bonds. The summed E-state index contributed by atoms with van der Waals surface area (Å²) in [5.41, 5.74) is 3.36. The zero-order valence-electron chi connectivity index (χ0n) is 15.0. The van der Waals surface area contributed by atoms with E-state index < -0.39 is 0 Å². The lowest BCUT2D eigenvalue weighted by Crippen LogP contribution is -2.61. The second-order valence-corrected chi connectivity index (χ2v) is 6.80. The molecule has 0 unspecified atom stereocenters. The topological polar surface area (TPSA) is 54.3 Å². The van der Waals surface area contributed by atoms with Crippen LogP contribution in [0, 0.1) is 0 Å². The molecule has 1 saturated heterocycles. The van der Waals surface area contributed by atoms with E-state index in [-0.39, 0.29) is 24.4 Å². The van der Waals surface area contributed by atoms with E-state index in [9.17, 15) is 9.59 Å². The molecule has 1 aromatic heterocycles. The third kappa shape index (κ3) is 3.49. The van der Waals surface area contributed by atoms with E-state index in [1.807, 2.05) is 35.0 Å². The number of hydrogen-bond donors (Lipinski definition) is 1. The first-order valence-electron chi connectivity index (χ1n) is 8.99. The third-order valence-corrected chi connectivity index (χ3v) is 4.93. The molecule has 1 aliphatic rings. The van der Waals surface area contributed by atoms with Crippen LogP contribution >= 0.6 is 0 Å². The van der Waals surface area contributed by atoms with E-state index in [4.69, 9.17) is 0 Å². The monoisotopic (exact) mass is 359 g/mol. The lowest BCUT2D eigenvalue weighted by atomic mass is 10.0. The van der Waals surface area contributed by atoms with E-state index in [1.165, 1.54) is 11.6 Å². The average molecular weight is 359 g/mol. The standard InChI is InChI=1S/C22H21N3O2/c1-2-22(27)25-13-19(14-25)23-21(26)15-24-11-10-18-12-17(8-9-20(18)24)16-6-4-3-5-7-16/h2-12,19H,1,13-15H2,(H,23,26). The van der Waals surface area contributed by atoms with Crippen LogP contribution in [-0.4, -0.2) is 40.4 Å². The molecule has 2 aromatic carbocycles. The number of hydrogen-bond acceptors (Lipinski definition) is 2. The van der Waals surface area contributed by atoms with Gasteiger partial charge in [0.15, 0.2) is 0 Å². The Hall–Kier alpha value is -3.34. The second kappa shape index (κ2) is 7.11. The van der Waals surface area contributed by atoms with Gasteiger partial charge in [-0.1, -0.05) is 43.0 Å². The number of likely N-dealkylation sites (tertiary alicyclic amines) is 1. The number of carbonyl (C=O) groups is 2. The van der Waals surface area contributed by atoms with Crippen LogP contribution in [0.1, 0.15) is 0 Å². The van der Waals surface area contributed by atoms with E-state index >= 15 is 0 Å². The number of benzene rings is 2. The van der Waals surface area contributed by atoms with Crippen LogP contribution in [0.3, 0.4) is 0 Å². The minimum Gasteiger partial charge on any atom is -0.348 e. The van der Waals surface area contributed by atoms with Crippen molar-refractivity contribution in [3.8, 4) is 11.1 Å². The molecule has 0 saturated carbocycles. The van der Waals surface area contributed by atoms with Gasteiger partial charge in [-0.15, -0.1) is 0 Å². The summed E-state index contributed by atoms with van der Waals surface area (Å²) in [6.45, 7) is 4.83. The molecule has 1 N–H and O–H groups in total. The van der Waals surface area contributed by atoms with Crippen molar-refractivity contribution in [3.63, 3.8) is 0 Å². The summed E-state index contributed by atoms with van der Waals surface area (Å²) in [7, 11) is 0. The summed E-state index contributed by atoms with van der Waals surface area (Å²) in [6.07, 6.45) is 3.24. The number of nitrogens with one attached hydrogen (secondary N) is 1. The molecule has 0 aliphatic carbocycles. The molecule has 2 heterocycles. The first-order valence-corrected chi connectivity index (χ1v) is 8.99. The van der Waals surface area contributed by atoms with Crippen molar-refractivity contribution < 1.29 is 9.59 Å². The van der Waals surface area contributed by atoms with E-state index in [0.29, 0.717) is 13.1 Å². The predicted octanol–water partition coefficient (Wildman–Crippen LogP) is 2.82. The minimum atomic E-state index is -0.0916. The molecule has 27 heavy (non-hydrogen) atoms. The zero-order valence-corrected chi connectivity index (χ0v) is 15.0. The van der Waals surface area contributed by atoms with Crippen LogP contribution in [-0.2, 0) is 16.1 Å². The molecule has 0 spiro atoms. The fraction of sp³-hybridized carbons (Fsp3) is 0.182. The summed E-state index contributed by atoms with van der Waals surface area (Å²) < 4.78 is 1.95. The Kier molecular flexibility index (Phi) is 4.50. The highest BCUT2D eigenvalue weighted by atomic mass is 16.2. The van der Waals surface area contributed by atoms with Gasteiger partial charge < -0.3 is 14.8 Å². The zero-order chi connectivity index (χ0) is 18.8. The molecule has 136 valence electrons. The maximum absolute atomic E-state index is 12.3. The van der Waals surface area contributed by atoms with Crippen molar-refractivity contribution in [2.24, 2.45) is 0 Å². The van der Waals surface area contributed by atoms with Crippen molar-refractivity contribution in [1.29, 1.82) is 0 Å². The Morgan fingerprint density at radius 1 is 1.07 bits per heavy atom. The lowest BCUT2D eigenvalue weighted by Gasteiger charge is -2.38. The van der Waals surface area contributed by atoms with Crippen LogP contribution in [0.5, 0.6) is 0 Å². The largest absolute Gasteiger partial charge is 0.348 e. The van der Waals surface area contributed by atoms with Gasteiger partial charge in [0, 0.05) is 30.2 Å². The molecule has 0 atom stereocenters. The highest BCUT2D eigenvalue weighted by molar-refractivity contribution is 5.89. The van der Waals surface area contributed by atoms with Crippen LogP contribution < -0.4 is 5.32 Å². The van der Waals surface area contributed by atoms with Gasteiger partial charge in [-0.2, -0.15) is 0 Å². The van der Waals surface area contributed by atoms with Gasteiger partial charge in [-0.25, -0.2) is 0 Å². The Morgan fingerprint density at radius 3 is 2.59 bits per heavy atom. The van der Waals surface area contributed by atoms with Crippen molar-refractivity contribution in [2.45, 2.75) is 12.6 Å². The van der Waals surface area contributed by atoms with Crippen molar-refractivity contribution in [1.82, 2.24) is 14.8 Å². The maximum atomic E-state index is 12.3. The van der Waals surface area contributed by atoms with Crippen LogP contribution in [0.25, 0.3) is 22.0 Å². The van der Waals surface area contributed by atoms with E-state index in [1.54, 1.807) is 4.90 Å². The first kappa shape index (κ1) is 17.1. The van der Waals surface area contributed by atoms with Gasteiger partial charge >= 0.3 is 0 Å². The second-order valence-electron chi connectivity index (χ2n) is 6.80. The predicted molar refractivity (Wildman–Crippen MR) is 106 cm³/mol. The summed E-state index contributed by atoms with van der Waals surface area (Å²) in [4.78, 5) is 25.4. The number of aromatic nitrogens is 1. The quantitative estimate of drug-likeness (QED) is 0.712. The highest BCUT2D eigenvalue weighted by Crippen LogP contribution is 2.25. The molecule has 0 bridgehead atoms. The molecule has 5 heteroatoms. The normalized spacial score (nSPS) is 14.0. The van der Waals surface area contributed by atoms with E-state index in [0.717, 1.165) is 16.5 Å². The Bertz CT molecular complexity index is 1000. The number of rotatable bonds is 5. The highest BCUT2D eigenvalue weighted by Gasteiger charge is 2.30. The lowest BCUT2D eigenvalue weighted by molar-refractivity contribution is -0.133. The van der Waals surface area contributed by atoms with Gasteiger partial charge in [0.2, 0.25) is 11.8 Å². The van der Waals surface area contributed by atoms with Gasteiger partial charge in [0.25, 0.3) is 0 Å². The Labute approximate surface area is 157 Å². The Morgan fingerprint density at radius 2 is 1.85 bits per heavy atom. The maximum Gasteiger partial charge on any atom is 0.246 e. The smallest absolute Gasteiger partial charge is 0.246 e. The summed E-state index contributed by atoms with van der Waals surface area (Å²) >= 11 is 0. The molecule has 4 rings (SSSR count). The first-order chi connectivity index (χ1) is 13.1. The molecule has 5 nitrogen and oxygen atoms in total. The Balaban J connectivity index is 1.42. The van der Waals surface area contributed by atoms with Crippen molar-refractivity contribution in [3.05, 3.63) is 73.4 Å². The SMILES string of the molecule is C=CC(=O)N1CC(NC(=O)Cn2ccc3cc(-c4ccccc4)ccc32)C1. The molecule has 1 aliphatic heterocycles. The fourth-order valence-corrected chi connectivity index (χ4v) is 3.46. The van der Waals surface area contributed by atoms with Crippen molar-refractivity contribution in [2.75, 3.05) is 13.1 Å². The number of nitrogens with zero attached hydrogens (tertiary/aromatic N) is 2. The van der Waals surface area contributed by atoms with Crippen molar-refractivity contribution >= 4 is 22.7 Å². The van der Waals surface area contributed by atoms with Gasteiger partial charge in [0.1, 0.15) is 6.54 Å². The molecule has 3 aromatic rings. The fourth-order valence-electron chi connectivity index (χ4n) is 3.46. The van der Waals surface area contributed by atoms with Crippen LogP contribution in [0.4, 0.5) is 0 Å². The van der Waals surface area contributed by atoms with Gasteiger partial charge in [-0.05, 0) is 35.4 Å². The summed E-state index contributed by atoms with van der Waals surface area (Å²) in [5, 5.41) is 4.08. The average Bonchev–Trinajstić information content (AvgIpc) is 3.06. The number of carbonyl (C=O) groups excluding carboxylic acids is 2. The molecular weight excluding hydrogens is 338 g/mol. The number of amides is 2. The van der Waals surface area contributed by atoms with Crippen LogP contribution in [0.15, 0.2) is 73.4 Å². The minimum absolute atomic E-state index is 0.0212. The molecule has 0 radical (unpaired) electrons. The van der Waals surface area contributed by atoms with Crippen LogP contribution in [0.2, 0.25) is 0 Å². The summed E-state index contributed by atoms with van der Waals surface area (Å²) in [6, 6.07) is 18.6. The summed E-state index contributed by atoms with van der Waals surface area (Å²) in [5.74, 6) is -0.138. The van der Waals surface area contributed by atoms with Gasteiger partial charge in [0.05, 0.1) is 6.04 Å². The molecular formula is C22H21N3O2. The van der Waals surface area contributed by atoms with E-state index in [2.05, 4.69) is 42.2 Å². The number of fused-ring (bicyclic) bond motifs is 1. The van der Waals surface area contributed by atoms with Gasteiger partial charge in [-0.3, -0.25) is 9.59 Å². The molecule has 1 fully saturated rings. The third-order valence-electron chi connectivity index (χ3n) is 4.93.